The van der Waals surface area contributed by atoms with Crippen molar-refractivity contribution in [1.29, 1.82) is 0 Å². The van der Waals surface area contributed by atoms with E-state index < -0.39 is 0 Å². The van der Waals surface area contributed by atoms with Crippen LogP contribution in [0.4, 0.5) is 0 Å². The van der Waals surface area contributed by atoms with Gasteiger partial charge in [0.25, 0.3) is 0 Å². The van der Waals surface area contributed by atoms with Crippen molar-refractivity contribution < 1.29 is 5.11 Å². The summed E-state index contributed by atoms with van der Waals surface area (Å²) in [6, 6.07) is 19.9. The van der Waals surface area contributed by atoms with E-state index in [1.54, 1.807) is 6.07 Å². The lowest BCUT2D eigenvalue weighted by Gasteiger charge is -2.12. The molecule has 98 valence electrons. The molecule has 0 aliphatic rings. The molecular formula is C19H16O. The van der Waals surface area contributed by atoms with Crippen molar-refractivity contribution >= 4 is 16.3 Å². The van der Waals surface area contributed by atoms with Gasteiger partial charge in [-0.3, -0.25) is 0 Å². The zero-order valence-electron chi connectivity index (χ0n) is 11.4. The van der Waals surface area contributed by atoms with E-state index in [1.807, 2.05) is 42.5 Å². The Labute approximate surface area is 118 Å². The topological polar surface area (TPSA) is 20.2 Å². The third-order valence-electron chi connectivity index (χ3n) is 3.58. The molecule has 0 bridgehead atoms. The first-order chi connectivity index (χ1) is 9.66. The number of aryl methyl sites for hydroxylation is 1. The highest BCUT2D eigenvalue weighted by Crippen LogP contribution is 2.35. The second-order valence-corrected chi connectivity index (χ2v) is 5.03. The second kappa shape index (κ2) is 4.86. The van der Waals surface area contributed by atoms with Gasteiger partial charge in [-0.1, -0.05) is 66.7 Å². The van der Waals surface area contributed by atoms with Crippen molar-refractivity contribution in [1.82, 2.24) is 0 Å². The largest absolute Gasteiger partial charge is 0.507 e. The van der Waals surface area contributed by atoms with Crippen LogP contribution >= 0.6 is 0 Å². The van der Waals surface area contributed by atoms with E-state index in [0.717, 1.165) is 27.5 Å². The molecule has 0 radical (unpaired) electrons. The molecule has 20 heavy (non-hydrogen) atoms. The molecule has 0 aromatic heterocycles. The highest BCUT2D eigenvalue weighted by molar-refractivity contribution is 5.99. The smallest absolute Gasteiger partial charge is 0.124 e. The third-order valence-corrected chi connectivity index (χ3v) is 3.58. The molecule has 3 aromatic carbocycles. The van der Waals surface area contributed by atoms with Crippen molar-refractivity contribution in [3.8, 4) is 5.75 Å². The van der Waals surface area contributed by atoms with Crippen LogP contribution in [0.15, 0.2) is 67.2 Å². The molecule has 0 saturated carbocycles. The van der Waals surface area contributed by atoms with E-state index in [-0.39, 0.29) is 5.75 Å². The van der Waals surface area contributed by atoms with Gasteiger partial charge in [0.15, 0.2) is 0 Å². The van der Waals surface area contributed by atoms with Gasteiger partial charge in [0, 0.05) is 5.56 Å². The Kier molecular flexibility index (Phi) is 3.03. The molecule has 0 atom stereocenters. The van der Waals surface area contributed by atoms with E-state index in [0.29, 0.717) is 0 Å². The number of hydrogen-bond donors (Lipinski definition) is 1. The van der Waals surface area contributed by atoms with Gasteiger partial charge < -0.3 is 5.11 Å². The summed E-state index contributed by atoms with van der Waals surface area (Å²) in [4.78, 5) is 0. The molecule has 0 aliphatic heterocycles. The summed E-state index contributed by atoms with van der Waals surface area (Å²) < 4.78 is 0. The molecule has 1 N–H and O–H groups in total. The van der Waals surface area contributed by atoms with Crippen LogP contribution < -0.4 is 0 Å². The lowest BCUT2D eigenvalue weighted by molar-refractivity contribution is 0.474. The van der Waals surface area contributed by atoms with Gasteiger partial charge in [-0.25, -0.2) is 0 Å². The molecule has 0 amide bonds. The molecular weight excluding hydrogens is 244 g/mol. The van der Waals surface area contributed by atoms with Crippen molar-refractivity contribution in [2.75, 3.05) is 0 Å². The maximum atomic E-state index is 10.2. The second-order valence-electron chi connectivity index (χ2n) is 5.03. The predicted octanol–water partition coefficient (Wildman–Crippen LogP) is 4.92. The minimum absolute atomic E-state index is 0.273. The zero-order chi connectivity index (χ0) is 14.1. The number of aromatic hydroxyl groups is 1. The Morgan fingerprint density at radius 3 is 2.55 bits per heavy atom. The molecule has 3 aromatic rings. The number of fused-ring (bicyclic) bond motifs is 1. The van der Waals surface area contributed by atoms with Crippen LogP contribution in [-0.2, 0) is 0 Å². The van der Waals surface area contributed by atoms with Crippen LogP contribution in [0.25, 0.3) is 16.3 Å². The Morgan fingerprint density at radius 2 is 1.75 bits per heavy atom. The van der Waals surface area contributed by atoms with Gasteiger partial charge in [-0.15, -0.1) is 0 Å². The molecule has 1 heteroatoms. The first-order valence-corrected chi connectivity index (χ1v) is 6.64. The average molecular weight is 260 g/mol. The Balaban J connectivity index is 2.24. The third kappa shape index (κ3) is 2.08. The monoisotopic (exact) mass is 260 g/mol. The zero-order valence-corrected chi connectivity index (χ0v) is 11.4. The van der Waals surface area contributed by atoms with Gasteiger partial charge in [-0.2, -0.15) is 0 Å². The maximum absolute atomic E-state index is 10.2. The number of rotatable bonds is 2. The number of hydrogen-bond acceptors (Lipinski definition) is 1. The first-order valence-electron chi connectivity index (χ1n) is 6.64. The molecule has 3 rings (SSSR count). The van der Waals surface area contributed by atoms with E-state index in [1.165, 1.54) is 5.56 Å². The van der Waals surface area contributed by atoms with Crippen LogP contribution in [0.1, 0.15) is 16.7 Å². The summed E-state index contributed by atoms with van der Waals surface area (Å²) in [6.07, 6.45) is 0. The van der Waals surface area contributed by atoms with Crippen molar-refractivity contribution in [3.63, 3.8) is 0 Å². The lowest BCUT2D eigenvalue weighted by atomic mass is 9.93. The fourth-order valence-electron chi connectivity index (χ4n) is 2.55. The van der Waals surface area contributed by atoms with E-state index in [2.05, 4.69) is 25.6 Å². The average Bonchev–Trinajstić information content (AvgIpc) is 2.46. The molecule has 0 fully saturated rings. The Hall–Kier alpha value is -2.54. The van der Waals surface area contributed by atoms with Gasteiger partial charge >= 0.3 is 0 Å². The van der Waals surface area contributed by atoms with Crippen LogP contribution in [0.2, 0.25) is 0 Å². The highest BCUT2D eigenvalue weighted by Gasteiger charge is 2.11. The number of phenols is 1. The lowest BCUT2D eigenvalue weighted by Crippen LogP contribution is -1.90. The van der Waals surface area contributed by atoms with Crippen molar-refractivity contribution in [2.24, 2.45) is 0 Å². The van der Waals surface area contributed by atoms with Gasteiger partial charge in [0.1, 0.15) is 5.75 Å². The summed E-state index contributed by atoms with van der Waals surface area (Å²) in [7, 11) is 0. The quantitative estimate of drug-likeness (QED) is 0.693. The van der Waals surface area contributed by atoms with E-state index in [9.17, 15) is 5.11 Å². The summed E-state index contributed by atoms with van der Waals surface area (Å²) in [5.74, 6) is 0.273. The van der Waals surface area contributed by atoms with Crippen molar-refractivity contribution in [2.45, 2.75) is 6.92 Å². The maximum Gasteiger partial charge on any atom is 0.124 e. The minimum Gasteiger partial charge on any atom is -0.507 e. The molecule has 0 heterocycles. The molecule has 0 unspecified atom stereocenters. The molecule has 0 saturated heterocycles. The van der Waals surface area contributed by atoms with Crippen LogP contribution in [0.3, 0.4) is 0 Å². The summed E-state index contributed by atoms with van der Waals surface area (Å²) in [5, 5.41) is 12.4. The van der Waals surface area contributed by atoms with Gasteiger partial charge in [-0.05, 0) is 34.9 Å². The highest BCUT2D eigenvalue weighted by atomic mass is 16.3. The predicted molar refractivity (Wildman–Crippen MR) is 84.9 cm³/mol. The standard InChI is InChI=1S/C19H16O/c1-13-6-5-8-16(12-13)14(2)19-17-9-4-3-7-15(17)10-11-18(19)20/h3-12,20H,2H2,1H3. The van der Waals surface area contributed by atoms with Crippen molar-refractivity contribution in [3.05, 3.63) is 83.9 Å². The minimum atomic E-state index is 0.273. The van der Waals surface area contributed by atoms with Crippen LogP contribution in [-0.4, -0.2) is 5.11 Å². The molecule has 0 aliphatic carbocycles. The van der Waals surface area contributed by atoms with Crippen LogP contribution in [0, 0.1) is 6.92 Å². The first kappa shape index (κ1) is 12.5. The molecule has 0 spiro atoms. The Morgan fingerprint density at radius 1 is 0.950 bits per heavy atom. The van der Waals surface area contributed by atoms with Gasteiger partial charge in [0.05, 0.1) is 0 Å². The van der Waals surface area contributed by atoms with Gasteiger partial charge in [0.2, 0.25) is 0 Å². The summed E-state index contributed by atoms with van der Waals surface area (Å²) >= 11 is 0. The Bertz CT molecular complexity index is 800. The normalized spacial score (nSPS) is 10.7. The van der Waals surface area contributed by atoms with E-state index in [4.69, 9.17) is 0 Å². The van der Waals surface area contributed by atoms with Crippen LogP contribution in [0.5, 0.6) is 5.75 Å². The van der Waals surface area contributed by atoms with E-state index >= 15 is 0 Å². The summed E-state index contributed by atoms with van der Waals surface area (Å²) in [6.45, 7) is 6.24. The number of benzene rings is 3. The number of phenolic OH excluding ortho intramolecular Hbond substituents is 1. The fourth-order valence-corrected chi connectivity index (χ4v) is 2.55. The SMILES string of the molecule is C=C(c1cccc(C)c1)c1c(O)ccc2ccccc12. The fraction of sp³-hybridized carbons (Fsp3) is 0.0526. The summed E-state index contributed by atoms with van der Waals surface area (Å²) in [5.41, 5.74) is 3.89. The molecule has 1 nitrogen and oxygen atoms in total.